The Balaban J connectivity index is 1.80. The number of nitrogens with one attached hydrogen (secondary N) is 1. The molecular formula is C22H31N5OS. The van der Waals surface area contributed by atoms with E-state index in [0.717, 1.165) is 28.5 Å². The van der Waals surface area contributed by atoms with E-state index >= 15 is 0 Å². The van der Waals surface area contributed by atoms with E-state index in [1.165, 1.54) is 50.4 Å². The highest BCUT2D eigenvalue weighted by molar-refractivity contribution is 7.97. The molecule has 3 rings (SSSR count). The second-order valence-electron chi connectivity index (χ2n) is 8.15. The molecule has 0 saturated heterocycles. The Kier molecular flexibility index (Phi) is 7.50. The minimum Gasteiger partial charge on any atom is -0.353 e. The van der Waals surface area contributed by atoms with Crippen molar-refractivity contribution in [3.63, 3.8) is 0 Å². The first-order chi connectivity index (χ1) is 14.0. The Bertz CT molecular complexity index is 836. The highest BCUT2D eigenvalue weighted by atomic mass is 32.2. The van der Waals surface area contributed by atoms with Gasteiger partial charge in [0.25, 0.3) is 5.91 Å². The normalized spacial score (nSPS) is 14.8. The van der Waals surface area contributed by atoms with Gasteiger partial charge < -0.3 is 10.2 Å². The summed E-state index contributed by atoms with van der Waals surface area (Å²) < 4.78 is 0. The van der Waals surface area contributed by atoms with E-state index < -0.39 is 0 Å². The van der Waals surface area contributed by atoms with Crippen LogP contribution in [0.4, 0.5) is 11.5 Å². The summed E-state index contributed by atoms with van der Waals surface area (Å²) in [6, 6.07) is 8.04. The minimum absolute atomic E-state index is 0.224. The van der Waals surface area contributed by atoms with E-state index in [0.29, 0.717) is 17.7 Å². The first-order valence-electron chi connectivity index (χ1n) is 10.4. The van der Waals surface area contributed by atoms with Crippen molar-refractivity contribution in [1.29, 1.82) is 0 Å². The predicted octanol–water partition coefficient (Wildman–Crippen LogP) is 4.80. The molecule has 0 atom stereocenters. The second-order valence-corrected chi connectivity index (χ2v) is 8.86. The van der Waals surface area contributed by atoms with Gasteiger partial charge >= 0.3 is 0 Å². The van der Waals surface area contributed by atoms with Gasteiger partial charge in [0.15, 0.2) is 0 Å². The van der Waals surface area contributed by atoms with Crippen molar-refractivity contribution in [3.8, 4) is 0 Å². The van der Waals surface area contributed by atoms with Crippen molar-refractivity contribution in [2.45, 2.75) is 63.8 Å². The Morgan fingerprint density at radius 1 is 1.24 bits per heavy atom. The van der Waals surface area contributed by atoms with Gasteiger partial charge in [0.2, 0.25) is 0 Å². The maximum absolute atomic E-state index is 12.8. The number of aryl methyl sites for hydroxylation is 1. The number of nitrogens with two attached hydrogens (primary N) is 1. The molecule has 1 heterocycles. The van der Waals surface area contributed by atoms with Crippen LogP contribution in [-0.4, -0.2) is 28.5 Å². The standard InChI is InChI=1S/C22H31N5OS/c1-15(2)13-27(17-7-5-4-6-8-17)21-12-20(24-14-25-21)22(28)26-19-10-9-18(29-23)11-16(19)3/h9-12,14-15,17H,4-8,13,23H2,1-3H3,(H,26,28). The Labute approximate surface area is 177 Å². The molecule has 1 fully saturated rings. The minimum atomic E-state index is -0.224. The third-order valence-electron chi connectivity index (χ3n) is 5.34. The van der Waals surface area contributed by atoms with E-state index in [9.17, 15) is 4.79 Å². The molecule has 0 radical (unpaired) electrons. The molecule has 156 valence electrons. The molecule has 1 aliphatic carbocycles. The molecule has 1 aromatic carbocycles. The fourth-order valence-electron chi connectivity index (χ4n) is 3.88. The largest absolute Gasteiger partial charge is 0.353 e. The number of benzene rings is 1. The number of aromatic nitrogens is 2. The summed E-state index contributed by atoms with van der Waals surface area (Å²) >= 11 is 1.19. The van der Waals surface area contributed by atoms with Crippen molar-refractivity contribution in [2.24, 2.45) is 11.1 Å². The van der Waals surface area contributed by atoms with Crippen LogP contribution in [0, 0.1) is 12.8 Å². The molecule has 1 saturated carbocycles. The van der Waals surface area contributed by atoms with Crippen molar-refractivity contribution >= 4 is 29.4 Å². The Morgan fingerprint density at radius 3 is 2.66 bits per heavy atom. The van der Waals surface area contributed by atoms with Crippen LogP contribution in [0.15, 0.2) is 35.5 Å². The number of carbonyl (C=O) groups excluding carboxylic acids is 1. The molecule has 0 unspecified atom stereocenters. The van der Waals surface area contributed by atoms with Crippen LogP contribution in [0.2, 0.25) is 0 Å². The van der Waals surface area contributed by atoms with E-state index in [1.54, 1.807) is 0 Å². The first-order valence-corrected chi connectivity index (χ1v) is 11.2. The smallest absolute Gasteiger partial charge is 0.274 e. The van der Waals surface area contributed by atoms with Crippen molar-refractivity contribution in [2.75, 3.05) is 16.8 Å². The summed E-state index contributed by atoms with van der Waals surface area (Å²) in [6.45, 7) is 7.32. The van der Waals surface area contributed by atoms with Crippen LogP contribution < -0.4 is 15.4 Å². The fourth-order valence-corrected chi connectivity index (χ4v) is 4.27. The lowest BCUT2D eigenvalue weighted by atomic mass is 9.93. The lowest BCUT2D eigenvalue weighted by Crippen LogP contribution is -2.40. The SMILES string of the molecule is Cc1cc(SN)ccc1NC(=O)c1cc(N(CC(C)C)C2CCCCC2)ncn1. The average molecular weight is 414 g/mol. The Hall–Kier alpha value is -2.12. The van der Waals surface area contributed by atoms with E-state index in [1.807, 2.05) is 31.2 Å². The highest BCUT2D eigenvalue weighted by Crippen LogP contribution is 2.27. The number of nitrogens with zero attached hydrogens (tertiary/aromatic N) is 3. The van der Waals surface area contributed by atoms with Crippen LogP contribution in [0.5, 0.6) is 0 Å². The van der Waals surface area contributed by atoms with Crippen LogP contribution in [0.25, 0.3) is 0 Å². The lowest BCUT2D eigenvalue weighted by molar-refractivity contribution is 0.102. The monoisotopic (exact) mass is 413 g/mol. The van der Waals surface area contributed by atoms with Gasteiger partial charge in [-0.1, -0.05) is 33.1 Å². The summed E-state index contributed by atoms with van der Waals surface area (Å²) in [4.78, 5) is 24.9. The number of hydrogen-bond donors (Lipinski definition) is 2. The molecule has 1 aromatic heterocycles. The van der Waals surface area contributed by atoms with Crippen LogP contribution >= 0.6 is 11.9 Å². The quantitative estimate of drug-likeness (QED) is 0.635. The average Bonchev–Trinajstić information content (AvgIpc) is 2.74. The molecule has 6 nitrogen and oxygen atoms in total. The van der Waals surface area contributed by atoms with Gasteiger partial charge in [-0.05, 0) is 61.4 Å². The molecule has 0 bridgehead atoms. The van der Waals surface area contributed by atoms with Gasteiger partial charge in [-0.2, -0.15) is 0 Å². The maximum atomic E-state index is 12.8. The van der Waals surface area contributed by atoms with Gasteiger partial charge in [-0.25, -0.2) is 9.97 Å². The summed E-state index contributed by atoms with van der Waals surface area (Å²) in [6.07, 6.45) is 7.69. The molecule has 0 aliphatic heterocycles. The van der Waals surface area contributed by atoms with E-state index in [-0.39, 0.29) is 5.91 Å². The zero-order valence-electron chi connectivity index (χ0n) is 17.5. The number of amides is 1. The van der Waals surface area contributed by atoms with Gasteiger partial charge in [0.1, 0.15) is 17.8 Å². The number of rotatable bonds is 7. The van der Waals surface area contributed by atoms with Crippen molar-refractivity contribution in [3.05, 3.63) is 41.9 Å². The number of carbonyl (C=O) groups is 1. The lowest BCUT2D eigenvalue weighted by Gasteiger charge is -2.36. The third-order valence-corrected chi connectivity index (χ3v) is 5.87. The molecular weight excluding hydrogens is 382 g/mol. The fraction of sp³-hybridized carbons (Fsp3) is 0.500. The summed E-state index contributed by atoms with van der Waals surface area (Å²) in [5.41, 5.74) is 2.11. The zero-order valence-corrected chi connectivity index (χ0v) is 18.3. The summed E-state index contributed by atoms with van der Waals surface area (Å²) in [7, 11) is 0. The Morgan fingerprint density at radius 2 is 2.00 bits per heavy atom. The third kappa shape index (κ3) is 5.70. The van der Waals surface area contributed by atoms with E-state index in [4.69, 9.17) is 5.14 Å². The predicted molar refractivity (Wildman–Crippen MR) is 120 cm³/mol. The number of hydrogen-bond acceptors (Lipinski definition) is 6. The highest BCUT2D eigenvalue weighted by Gasteiger charge is 2.24. The van der Waals surface area contributed by atoms with Crippen molar-refractivity contribution in [1.82, 2.24) is 9.97 Å². The van der Waals surface area contributed by atoms with Crippen LogP contribution in [0.1, 0.15) is 62.0 Å². The van der Waals surface area contributed by atoms with E-state index in [2.05, 4.69) is 34.0 Å². The molecule has 3 N–H and O–H groups in total. The van der Waals surface area contributed by atoms with Gasteiger partial charge in [0.05, 0.1) is 0 Å². The first kappa shape index (κ1) is 21.6. The molecule has 29 heavy (non-hydrogen) atoms. The molecule has 1 aliphatic rings. The summed E-state index contributed by atoms with van der Waals surface area (Å²) in [5, 5.41) is 8.58. The van der Waals surface area contributed by atoms with Crippen LogP contribution in [-0.2, 0) is 0 Å². The molecule has 1 amide bonds. The maximum Gasteiger partial charge on any atom is 0.274 e. The van der Waals surface area contributed by atoms with Gasteiger partial charge in [-0.3, -0.25) is 9.93 Å². The second kappa shape index (κ2) is 10.1. The molecule has 0 spiro atoms. The molecule has 7 heteroatoms. The van der Waals surface area contributed by atoms with Crippen molar-refractivity contribution < 1.29 is 4.79 Å². The summed E-state index contributed by atoms with van der Waals surface area (Å²) in [5.74, 6) is 1.14. The topological polar surface area (TPSA) is 84.1 Å². The molecule has 2 aromatic rings. The van der Waals surface area contributed by atoms with Gasteiger partial charge in [-0.15, -0.1) is 0 Å². The van der Waals surface area contributed by atoms with Crippen LogP contribution in [0.3, 0.4) is 0 Å². The zero-order chi connectivity index (χ0) is 20.8. The van der Waals surface area contributed by atoms with Gasteiger partial charge in [0, 0.05) is 29.2 Å². The number of anilines is 2.